The van der Waals surface area contributed by atoms with Crippen LogP contribution in [-0.4, -0.2) is 87.8 Å². The number of carbonyl (C=O) groups is 4. The molecule has 1 unspecified atom stereocenters. The topological polar surface area (TPSA) is 158 Å². The number of hydrogen-bond acceptors (Lipinski definition) is 10. The number of nitrogens with zero attached hydrogens (tertiary/aromatic N) is 4. The molecule has 0 aliphatic carbocycles. The third-order valence-corrected chi connectivity index (χ3v) is 8.54. The summed E-state index contributed by atoms with van der Waals surface area (Å²) in [6.45, 7) is 4.62. The molecule has 0 saturated carbocycles. The summed E-state index contributed by atoms with van der Waals surface area (Å²) in [5, 5.41) is 11.2. The number of fused-ring (bicyclic) bond motifs is 5. The molecule has 0 fully saturated rings. The molecular weight excluding hydrogens is 596 g/mol. The van der Waals surface area contributed by atoms with Crippen LogP contribution in [0.2, 0.25) is 0 Å². The highest BCUT2D eigenvalue weighted by Gasteiger charge is 2.51. The van der Waals surface area contributed by atoms with Gasteiger partial charge in [-0.2, -0.15) is 0 Å². The summed E-state index contributed by atoms with van der Waals surface area (Å²) in [6, 6.07) is 11.4. The molecule has 3 aromatic rings. The number of carbonyl (C=O) groups excluding carboxylic acids is 4. The van der Waals surface area contributed by atoms with Crippen LogP contribution in [0.4, 0.5) is 9.59 Å². The van der Waals surface area contributed by atoms with Crippen LogP contribution < -0.4 is 5.56 Å². The largest absolute Gasteiger partial charge is 0.457 e. The average Bonchev–Trinajstić information content (AvgIpc) is 3.36. The molecule has 0 radical (unpaired) electrons. The van der Waals surface area contributed by atoms with Gasteiger partial charge in [-0.15, -0.1) is 0 Å². The molecule has 1 aromatic carbocycles. The van der Waals surface area contributed by atoms with E-state index in [1.54, 1.807) is 17.6 Å². The van der Waals surface area contributed by atoms with Gasteiger partial charge in [0.25, 0.3) is 5.56 Å². The van der Waals surface area contributed by atoms with Gasteiger partial charge in [0.2, 0.25) is 5.60 Å². The molecule has 1 N–H and O–H groups in total. The van der Waals surface area contributed by atoms with Crippen molar-refractivity contribution in [1.29, 1.82) is 0 Å². The zero-order valence-electron chi connectivity index (χ0n) is 26.6. The van der Waals surface area contributed by atoms with Crippen LogP contribution in [0.15, 0.2) is 41.2 Å². The van der Waals surface area contributed by atoms with Crippen LogP contribution in [0.3, 0.4) is 0 Å². The second-order valence-electron chi connectivity index (χ2n) is 12.2. The highest BCUT2D eigenvalue weighted by Crippen LogP contribution is 2.41. The maximum absolute atomic E-state index is 13.7. The number of Topliss-reactive ketones (excluding diaryl/α,β-unsaturated/α-hetero) is 1. The number of likely N-dealkylation sites (N-methyl/N-ethyl adjacent to an activating group) is 2. The predicted octanol–water partition coefficient (Wildman–Crippen LogP) is 3.34. The Morgan fingerprint density at radius 1 is 1.11 bits per heavy atom. The monoisotopic (exact) mass is 634 g/mol. The van der Waals surface area contributed by atoms with E-state index in [0.29, 0.717) is 17.9 Å². The lowest BCUT2D eigenvalue weighted by Gasteiger charge is -2.36. The number of esters is 1. The number of amides is 2. The van der Waals surface area contributed by atoms with Gasteiger partial charge in [0.05, 0.1) is 41.2 Å². The summed E-state index contributed by atoms with van der Waals surface area (Å²) in [7, 11) is 2.95. The first-order chi connectivity index (χ1) is 21.8. The maximum atomic E-state index is 13.7. The number of hydrogen-bond donors (Lipinski definition) is 1. The van der Waals surface area contributed by atoms with E-state index in [1.807, 2.05) is 30.3 Å². The minimum atomic E-state index is -1.87. The first-order valence-corrected chi connectivity index (χ1v) is 15.1. The Morgan fingerprint density at radius 2 is 1.80 bits per heavy atom. The molecule has 46 heavy (non-hydrogen) atoms. The lowest BCUT2D eigenvalue weighted by Crippen LogP contribution is -2.49. The van der Waals surface area contributed by atoms with Crippen molar-refractivity contribution in [3.8, 4) is 11.4 Å². The van der Waals surface area contributed by atoms with Crippen LogP contribution in [0.5, 0.6) is 0 Å². The molecule has 13 nitrogen and oxygen atoms in total. The molecule has 5 rings (SSSR count). The first-order valence-electron chi connectivity index (χ1n) is 15.1. The zero-order chi connectivity index (χ0) is 33.4. The second kappa shape index (κ2) is 12.5. The fraction of sp³-hybridized carbons (Fsp3) is 0.455. The van der Waals surface area contributed by atoms with Gasteiger partial charge in [0, 0.05) is 56.5 Å². The molecular formula is C33H38N4O9. The van der Waals surface area contributed by atoms with Gasteiger partial charge in [-0.05, 0) is 38.5 Å². The number of rotatable bonds is 10. The average molecular weight is 635 g/mol. The van der Waals surface area contributed by atoms with Crippen molar-refractivity contribution in [2.45, 2.75) is 64.4 Å². The number of ether oxygens (including phenoxy) is 3. The number of benzene rings is 1. The third kappa shape index (κ3) is 6.19. The molecule has 0 spiro atoms. The Kier molecular flexibility index (Phi) is 8.89. The van der Waals surface area contributed by atoms with Crippen molar-refractivity contribution in [3.05, 3.63) is 63.4 Å². The minimum absolute atomic E-state index is 0.0128. The Hall–Kier alpha value is -4.78. The number of aliphatic hydroxyl groups is 1. The molecule has 2 aliphatic heterocycles. The highest BCUT2D eigenvalue weighted by atomic mass is 16.6. The van der Waals surface area contributed by atoms with Crippen LogP contribution >= 0.6 is 0 Å². The Balaban J connectivity index is 1.31. The summed E-state index contributed by atoms with van der Waals surface area (Å²) in [6.07, 6.45) is -1.48. The van der Waals surface area contributed by atoms with E-state index in [4.69, 9.17) is 19.2 Å². The van der Waals surface area contributed by atoms with E-state index in [0.717, 1.165) is 16.5 Å². The van der Waals surface area contributed by atoms with E-state index in [9.17, 15) is 29.1 Å². The van der Waals surface area contributed by atoms with Crippen molar-refractivity contribution in [2.75, 3.05) is 33.8 Å². The fourth-order valence-electron chi connectivity index (χ4n) is 5.89. The zero-order valence-corrected chi connectivity index (χ0v) is 26.6. The summed E-state index contributed by atoms with van der Waals surface area (Å²) in [4.78, 5) is 71.4. The molecule has 2 aromatic heterocycles. The molecule has 0 saturated heterocycles. The quantitative estimate of drug-likeness (QED) is 0.203. The van der Waals surface area contributed by atoms with Gasteiger partial charge in [0.15, 0.2) is 0 Å². The normalized spacial score (nSPS) is 17.7. The molecule has 2 amide bonds. The van der Waals surface area contributed by atoms with E-state index in [2.05, 4.69) is 0 Å². The Labute approximate surface area is 265 Å². The van der Waals surface area contributed by atoms with Crippen molar-refractivity contribution < 1.29 is 38.5 Å². The van der Waals surface area contributed by atoms with Crippen molar-refractivity contribution in [3.63, 3.8) is 0 Å². The fourth-order valence-corrected chi connectivity index (χ4v) is 5.89. The van der Waals surface area contributed by atoms with Crippen LogP contribution in [0.25, 0.3) is 22.3 Å². The number of aromatic nitrogens is 2. The number of ketones is 1. The lowest BCUT2D eigenvalue weighted by molar-refractivity contribution is -0.173. The van der Waals surface area contributed by atoms with Crippen molar-refractivity contribution in [2.24, 2.45) is 0 Å². The van der Waals surface area contributed by atoms with Gasteiger partial charge in [0.1, 0.15) is 12.4 Å². The van der Waals surface area contributed by atoms with Gasteiger partial charge in [-0.3, -0.25) is 9.59 Å². The van der Waals surface area contributed by atoms with Gasteiger partial charge in [-0.25, -0.2) is 19.4 Å². The molecule has 13 heteroatoms. The summed E-state index contributed by atoms with van der Waals surface area (Å²) in [5.41, 5.74) is -0.190. The van der Waals surface area contributed by atoms with Crippen LogP contribution in [0, 0.1) is 0 Å². The second-order valence-corrected chi connectivity index (χ2v) is 12.2. The van der Waals surface area contributed by atoms with Crippen molar-refractivity contribution >= 4 is 34.8 Å². The van der Waals surface area contributed by atoms with Crippen LogP contribution in [-0.2, 0) is 42.6 Å². The SMILES string of the molecule is CC[C@@]1(OC(=O)N(C)CCN(C)C(=O)OCCC(C)(O)CC(C)=O)C(=O)OCc2c1cc1n(c2=O)Cc2cc3ccccc3nc2-1. The molecule has 2 aliphatic rings. The summed E-state index contributed by atoms with van der Waals surface area (Å²) in [5.74, 6) is -0.954. The van der Waals surface area contributed by atoms with Gasteiger partial charge < -0.3 is 33.7 Å². The first kappa shape index (κ1) is 32.6. The smallest absolute Gasteiger partial charge is 0.411 e. The standard InChI is InChI=1S/C33H38N4O9/c1-6-33(46-31(42)36(5)13-12-35(4)30(41)44-14-11-32(3,43)17-20(2)38)24-16-26-27-22(15-21-9-7-8-10-25(21)34-27)18-37(26)28(39)23(24)19-45-29(33)40/h7-10,15-16,43H,6,11-14,17-19H2,1-5H3/t32?,33-/m0/s1. The van der Waals surface area contributed by atoms with Gasteiger partial charge >= 0.3 is 18.2 Å². The molecule has 4 heterocycles. The summed E-state index contributed by atoms with van der Waals surface area (Å²) >= 11 is 0. The predicted molar refractivity (Wildman–Crippen MR) is 166 cm³/mol. The van der Waals surface area contributed by atoms with E-state index in [1.165, 1.54) is 37.7 Å². The van der Waals surface area contributed by atoms with Crippen LogP contribution in [0.1, 0.15) is 56.7 Å². The van der Waals surface area contributed by atoms with Gasteiger partial charge in [-0.1, -0.05) is 25.1 Å². The van der Waals surface area contributed by atoms with E-state index in [-0.39, 0.29) is 68.0 Å². The number of cyclic esters (lactones) is 1. The van der Waals surface area contributed by atoms with E-state index >= 15 is 0 Å². The molecule has 244 valence electrons. The Morgan fingerprint density at radius 3 is 2.50 bits per heavy atom. The molecule has 2 atom stereocenters. The number of para-hydroxylation sites is 1. The van der Waals surface area contributed by atoms with E-state index < -0.39 is 29.4 Å². The lowest BCUT2D eigenvalue weighted by atomic mass is 9.85. The summed E-state index contributed by atoms with van der Waals surface area (Å²) < 4.78 is 18.1. The minimum Gasteiger partial charge on any atom is -0.457 e. The van der Waals surface area contributed by atoms with Crippen molar-refractivity contribution in [1.82, 2.24) is 19.4 Å². The molecule has 0 bridgehead atoms. The third-order valence-electron chi connectivity index (χ3n) is 8.54. The Bertz CT molecular complexity index is 1780. The highest BCUT2D eigenvalue weighted by molar-refractivity contribution is 5.88. The maximum Gasteiger partial charge on any atom is 0.411 e. The number of pyridine rings is 2.